The summed E-state index contributed by atoms with van der Waals surface area (Å²) in [5.41, 5.74) is 9.01. The van der Waals surface area contributed by atoms with Crippen molar-refractivity contribution in [1.82, 2.24) is 19.6 Å². The number of methoxy groups -OCH3 is 1. The summed E-state index contributed by atoms with van der Waals surface area (Å²) in [5.74, 6) is 0.378. The molecule has 0 aliphatic rings. The molecule has 0 spiro atoms. The second-order valence-electron chi connectivity index (χ2n) is 5.76. The maximum atomic E-state index is 12.9. The van der Waals surface area contributed by atoms with Gasteiger partial charge in [-0.05, 0) is 24.3 Å². The van der Waals surface area contributed by atoms with Crippen molar-refractivity contribution < 1.29 is 9.53 Å². The number of para-hydroxylation sites is 1. The molecule has 3 N–H and O–H groups in total. The van der Waals surface area contributed by atoms with Crippen LogP contribution in [0.5, 0.6) is 5.88 Å². The molecule has 0 radical (unpaired) electrons. The summed E-state index contributed by atoms with van der Waals surface area (Å²) in [6, 6.07) is 14.5. The predicted octanol–water partition coefficient (Wildman–Crippen LogP) is 2.63. The highest BCUT2D eigenvalue weighted by Gasteiger charge is 2.20. The largest absolute Gasteiger partial charge is 0.481 e. The minimum Gasteiger partial charge on any atom is -0.481 e. The van der Waals surface area contributed by atoms with Crippen LogP contribution in [0, 0.1) is 0 Å². The van der Waals surface area contributed by atoms with Crippen LogP contribution in [-0.2, 0) is 0 Å². The Balaban J connectivity index is 1.85. The Bertz CT molecular complexity index is 1120. The molecule has 1 aromatic carbocycles. The van der Waals surface area contributed by atoms with E-state index in [4.69, 9.17) is 10.5 Å². The van der Waals surface area contributed by atoms with Crippen molar-refractivity contribution in [3.05, 3.63) is 66.6 Å². The van der Waals surface area contributed by atoms with Crippen molar-refractivity contribution in [3.63, 3.8) is 0 Å². The molecule has 0 bridgehead atoms. The number of nitrogens with two attached hydrogens (primary N) is 1. The van der Waals surface area contributed by atoms with Crippen LogP contribution in [0.3, 0.4) is 0 Å². The van der Waals surface area contributed by atoms with E-state index in [1.807, 2.05) is 36.4 Å². The lowest BCUT2D eigenvalue weighted by molar-refractivity contribution is 0.102. The summed E-state index contributed by atoms with van der Waals surface area (Å²) < 4.78 is 6.78. The lowest BCUT2D eigenvalue weighted by atomic mass is 10.1. The van der Waals surface area contributed by atoms with E-state index in [0.717, 1.165) is 5.56 Å². The van der Waals surface area contributed by atoms with Gasteiger partial charge in [-0.25, -0.2) is 14.5 Å². The molecule has 4 aromatic rings. The quantitative estimate of drug-likeness (QED) is 0.579. The van der Waals surface area contributed by atoms with Gasteiger partial charge in [0.25, 0.3) is 5.91 Å². The molecule has 8 heteroatoms. The van der Waals surface area contributed by atoms with Gasteiger partial charge in [-0.15, -0.1) is 0 Å². The van der Waals surface area contributed by atoms with Crippen LogP contribution in [0.4, 0.5) is 11.5 Å². The third-order valence-electron chi connectivity index (χ3n) is 4.10. The molecule has 0 fully saturated rings. The van der Waals surface area contributed by atoms with Crippen LogP contribution in [0.1, 0.15) is 10.4 Å². The average Bonchev–Trinajstić information content (AvgIpc) is 3.10. The van der Waals surface area contributed by atoms with E-state index in [0.29, 0.717) is 28.3 Å². The van der Waals surface area contributed by atoms with Crippen molar-refractivity contribution in [2.45, 2.75) is 0 Å². The number of ether oxygens (including phenoxy) is 1. The summed E-state index contributed by atoms with van der Waals surface area (Å²) in [6.45, 7) is 0. The standard InChI is InChI=1S/C19H16N6O2/c1-27-16-9-12(7-8-21-16)15-10-14(17-18(20)22-11-23-25(15)17)19(26)24-13-5-3-2-4-6-13/h2-11H,1H3,(H,24,26)(H2,20,22,23). The average molecular weight is 360 g/mol. The van der Waals surface area contributed by atoms with Gasteiger partial charge in [-0.3, -0.25) is 4.79 Å². The molecule has 4 rings (SSSR count). The van der Waals surface area contributed by atoms with E-state index < -0.39 is 0 Å². The lowest BCUT2D eigenvalue weighted by Crippen LogP contribution is -2.12. The molecule has 134 valence electrons. The Morgan fingerprint density at radius 1 is 1.15 bits per heavy atom. The van der Waals surface area contributed by atoms with Gasteiger partial charge in [-0.1, -0.05) is 18.2 Å². The number of rotatable bonds is 4. The van der Waals surface area contributed by atoms with Crippen LogP contribution in [-0.4, -0.2) is 32.6 Å². The van der Waals surface area contributed by atoms with Gasteiger partial charge < -0.3 is 15.8 Å². The number of pyridine rings is 1. The van der Waals surface area contributed by atoms with Crippen molar-refractivity contribution in [2.24, 2.45) is 0 Å². The molecular formula is C19H16N6O2. The zero-order chi connectivity index (χ0) is 18.8. The Morgan fingerprint density at radius 3 is 2.74 bits per heavy atom. The second-order valence-corrected chi connectivity index (χ2v) is 5.76. The van der Waals surface area contributed by atoms with Crippen LogP contribution in [0.2, 0.25) is 0 Å². The van der Waals surface area contributed by atoms with E-state index in [-0.39, 0.29) is 11.7 Å². The highest BCUT2D eigenvalue weighted by atomic mass is 16.5. The monoisotopic (exact) mass is 360 g/mol. The van der Waals surface area contributed by atoms with Crippen LogP contribution in [0.25, 0.3) is 16.8 Å². The predicted molar refractivity (Wildman–Crippen MR) is 102 cm³/mol. The molecule has 3 aromatic heterocycles. The van der Waals surface area contributed by atoms with Gasteiger partial charge in [0.2, 0.25) is 5.88 Å². The SMILES string of the molecule is COc1cc(-c2cc(C(=O)Nc3ccccc3)c3c(N)ncnn23)ccn1. The number of carbonyl (C=O) groups is 1. The number of carbonyl (C=O) groups excluding carboxylic acids is 1. The molecule has 0 aliphatic heterocycles. The number of benzene rings is 1. The molecule has 0 unspecified atom stereocenters. The third kappa shape index (κ3) is 3.04. The number of nitrogen functional groups attached to an aromatic ring is 1. The minimum absolute atomic E-state index is 0.218. The summed E-state index contributed by atoms with van der Waals surface area (Å²) in [4.78, 5) is 21.0. The number of fused-ring (bicyclic) bond motifs is 1. The fraction of sp³-hybridized carbons (Fsp3) is 0.0526. The van der Waals surface area contributed by atoms with Gasteiger partial charge in [0.1, 0.15) is 11.8 Å². The van der Waals surface area contributed by atoms with E-state index in [9.17, 15) is 4.79 Å². The first kappa shape index (κ1) is 16.5. The third-order valence-corrected chi connectivity index (χ3v) is 4.10. The Hall–Kier alpha value is -3.94. The molecule has 27 heavy (non-hydrogen) atoms. The van der Waals surface area contributed by atoms with Gasteiger partial charge >= 0.3 is 0 Å². The number of anilines is 2. The number of hydrogen-bond acceptors (Lipinski definition) is 6. The number of nitrogens with zero attached hydrogens (tertiary/aromatic N) is 4. The topological polar surface area (TPSA) is 107 Å². The summed E-state index contributed by atoms with van der Waals surface area (Å²) in [6.07, 6.45) is 2.98. The van der Waals surface area contributed by atoms with Crippen molar-refractivity contribution in [1.29, 1.82) is 0 Å². The first-order valence-electron chi connectivity index (χ1n) is 8.16. The lowest BCUT2D eigenvalue weighted by Gasteiger charge is -2.05. The molecule has 8 nitrogen and oxygen atoms in total. The Kier molecular flexibility index (Phi) is 4.13. The molecule has 0 saturated carbocycles. The second kappa shape index (κ2) is 6.75. The molecule has 0 saturated heterocycles. The van der Waals surface area contributed by atoms with E-state index in [1.54, 1.807) is 30.0 Å². The minimum atomic E-state index is -0.299. The van der Waals surface area contributed by atoms with Crippen molar-refractivity contribution >= 4 is 22.9 Å². The number of hydrogen-bond donors (Lipinski definition) is 2. The highest BCUT2D eigenvalue weighted by molar-refractivity contribution is 6.11. The normalized spacial score (nSPS) is 10.7. The van der Waals surface area contributed by atoms with E-state index in [2.05, 4.69) is 20.4 Å². The molecular weight excluding hydrogens is 344 g/mol. The van der Waals surface area contributed by atoms with Crippen LogP contribution >= 0.6 is 0 Å². The maximum absolute atomic E-state index is 12.9. The highest BCUT2D eigenvalue weighted by Crippen LogP contribution is 2.29. The van der Waals surface area contributed by atoms with E-state index >= 15 is 0 Å². The molecule has 3 heterocycles. The van der Waals surface area contributed by atoms with Crippen molar-refractivity contribution in [2.75, 3.05) is 18.2 Å². The summed E-state index contributed by atoms with van der Waals surface area (Å²) >= 11 is 0. The van der Waals surface area contributed by atoms with Crippen molar-refractivity contribution in [3.8, 4) is 17.1 Å². The van der Waals surface area contributed by atoms with Gasteiger partial charge in [0.15, 0.2) is 5.82 Å². The number of aromatic nitrogens is 4. The maximum Gasteiger partial charge on any atom is 0.258 e. The smallest absolute Gasteiger partial charge is 0.258 e. The molecule has 0 atom stereocenters. The van der Waals surface area contributed by atoms with Gasteiger partial charge in [0, 0.05) is 23.5 Å². The van der Waals surface area contributed by atoms with E-state index in [1.165, 1.54) is 6.33 Å². The first-order valence-corrected chi connectivity index (χ1v) is 8.16. The van der Waals surface area contributed by atoms with Gasteiger partial charge in [-0.2, -0.15) is 5.10 Å². The van der Waals surface area contributed by atoms with Crippen LogP contribution < -0.4 is 15.8 Å². The summed E-state index contributed by atoms with van der Waals surface area (Å²) in [5, 5.41) is 7.13. The number of amides is 1. The Labute approximate surface area is 154 Å². The van der Waals surface area contributed by atoms with Gasteiger partial charge in [0.05, 0.1) is 18.4 Å². The summed E-state index contributed by atoms with van der Waals surface area (Å²) in [7, 11) is 1.54. The number of nitrogens with one attached hydrogen (secondary N) is 1. The Morgan fingerprint density at radius 2 is 1.96 bits per heavy atom. The zero-order valence-corrected chi connectivity index (χ0v) is 14.5. The fourth-order valence-corrected chi connectivity index (χ4v) is 2.85. The molecule has 0 aliphatic carbocycles. The van der Waals surface area contributed by atoms with Crippen LogP contribution in [0.15, 0.2) is 61.1 Å². The first-order chi connectivity index (χ1) is 13.2. The fourth-order valence-electron chi connectivity index (χ4n) is 2.85. The molecule has 1 amide bonds. The zero-order valence-electron chi connectivity index (χ0n) is 14.5.